The topological polar surface area (TPSA) is 78.4 Å². The van der Waals surface area contributed by atoms with Gasteiger partial charge in [-0.15, -0.1) is 0 Å². The number of hydrogen-bond donors (Lipinski definition) is 3. The van der Waals surface area contributed by atoms with Gasteiger partial charge in [0.1, 0.15) is 0 Å². The highest BCUT2D eigenvalue weighted by molar-refractivity contribution is 5.76. The van der Waals surface area contributed by atoms with E-state index in [2.05, 4.69) is 10.6 Å². The molecule has 0 heterocycles. The molecule has 0 aliphatic heterocycles. The summed E-state index contributed by atoms with van der Waals surface area (Å²) in [6.45, 7) is 1.88. The standard InChI is InChI=1S/C13H22N2O3/c1-2-10(7-11(16)17)14-13(18)15-12(8-3-4-8)9-5-6-9/h8-10,12H,2-7H2,1H3,(H,16,17)(H2,14,15,18). The van der Waals surface area contributed by atoms with Crippen molar-refractivity contribution in [3.63, 3.8) is 0 Å². The van der Waals surface area contributed by atoms with Crippen molar-refractivity contribution in [2.45, 2.75) is 57.5 Å². The summed E-state index contributed by atoms with van der Waals surface area (Å²) in [4.78, 5) is 22.5. The smallest absolute Gasteiger partial charge is 0.315 e. The fourth-order valence-corrected chi connectivity index (χ4v) is 2.42. The molecule has 2 fully saturated rings. The second kappa shape index (κ2) is 5.59. The zero-order valence-electron chi connectivity index (χ0n) is 10.8. The number of carbonyl (C=O) groups excluding carboxylic acids is 1. The minimum atomic E-state index is -0.872. The monoisotopic (exact) mass is 254 g/mol. The van der Waals surface area contributed by atoms with Gasteiger partial charge in [0, 0.05) is 12.1 Å². The largest absolute Gasteiger partial charge is 0.481 e. The van der Waals surface area contributed by atoms with E-state index in [-0.39, 0.29) is 18.5 Å². The SMILES string of the molecule is CCC(CC(=O)O)NC(=O)NC(C1CC1)C1CC1. The number of carbonyl (C=O) groups is 2. The molecular weight excluding hydrogens is 232 g/mol. The van der Waals surface area contributed by atoms with Crippen LogP contribution in [-0.2, 0) is 4.79 Å². The third-order valence-electron chi connectivity index (χ3n) is 3.81. The van der Waals surface area contributed by atoms with Crippen LogP contribution >= 0.6 is 0 Å². The Balaban J connectivity index is 1.77. The molecule has 0 saturated heterocycles. The molecule has 2 saturated carbocycles. The van der Waals surface area contributed by atoms with Crippen LogP contribution in [0.1, 0.15) is 45.4 Å². The zero-order valence-corrected chi connectivity index (χ0v) is 10.8. The maximum absolute atomic E-state index is 11.9. The van der Waals surface area contributed by atoms with Gasteiger partial charge in [-0.25, -0.2) is 4.79 Å². The minimum absolute atomic E-state index is 0.0125. The summed E-state index contributed by atoms with van der Waals surface area (Å²) >= 11 is 0. The average Bonchev–Trinajstić information content (AvgIpc) is 3.16. The number of carboxylic acid groups (broad SMARTS) is 1. The van der Waals surface area contributed by atoms with E-state index in [4.69, 9.17) is 5.11 Å². The van der Waals surface area contributed by atoms with Gasteiger partial charge in [0.05, 0.1) is 6.42 Å². The highest BCUT2D eigenvalue weighted by Crippen LogP contribution is 2.44. The van der Waals surface area contributed by atoms with Crippen molar-refractivity contribution in [2.24, 2.45) is 11.8 Å². The molecule has 2 aliphatic carbocycles. The van der Waals surface area contributed by atoms with Gasteiger partial charge in [0.2, 0.25) is 0 Å². The summed E-state index contributed by atoms with van der Waals surface area (Å²) in [6, 6.07) is -0.166. The van der Waals surface area contributed by atoms with Crippen molar-refractivity contribution in [2.75, 3.05) is 0 Å². The number of nitrogens with one attached hydrogen (secondary N) is 2. The Bertz CT molecular complexity index is 312. The lowest BCUT2D eigenvalue weighted by atomic mass is 10.1. The van der Waals surface area contributed by atoms with Crippen LogP contribution in [0.25, 0.3) is 0 Å². The van der Waals surface area contributed by atoms with Crippen molar-refractivity contribution in [1.82, 2.24) is 10.6 Å². The van der Waals surface area contributed by atoms with Crippen molar-refractivity contribution in [3.8, 4) is 0 Å². The second-order valence-corrected chi connectivity index (χ2v) is 5.52. The molecule has 5 heteroatoms. The van der Waals surface area contributed by atoms with Crippen molar-refractivity contribution >= 4 is 12.0 Å². The first-order valence-corrected chi connectivity index (χ1v) is 6.89. The molecule has 0 radical (unpaired) electrons. The molecule has 2 amide bonds. The maximum atomic E-state index is 11.9. The molecule has 5 nitrogen and oxygen atoms in total. The van der Waals surface area contributed by atoms with Crippen LogP contribution in [0.2, 0.25) is 0 Å². The predicted molar refractivity (Wildman–Crippen MR) is 67.2 cm³/mol. The molecule has 0 spiro atoms. The van der Waals surface area contributed by atoms with E-state index >= 15 is 0 Å². The van der Waals surface area contributed by atoms with Crippen LogP contribution in [0.4, 0.5) is 4.79 Å². The van der Waals surface area contributed by atoms with Crippen LogP contribution in [-0.4, -0.2) is 29.2 Å². The lowest BCUT2D eigenvalue weighted by Gasteiger charge is -2.21. The summed E-state index contributed by atoms with van der Waals surface area (Å²) in [7, 11) is 0. The molecule has 0 aromatic carbocycles. The van der Waals surface area contributed by atoms with Gasteiger partial charge in [-0.05, 0) is 43.9 Å². The highest BCUT2D eigenvalue weighted by Gasteiger charge is 2.42. The van der Waals surface area contributed by atoms with Crippen LogP contribution in [0, 0.1) is 11.8 Å². The zero-order chi connectivity index (χ0) is 13.1. The number of aliphatic carboxylic acids is 1. The Kier molecular flexibility index (Phi) is 4.09. The van der Waals surface area contributed by atoms with Gasteiger partial charge in [0.15, 0.2) is 0 Å². The van der Waals surface area contributed by atoms with E-state index in [0.29, 0.717) is 24.3 Å². The lowest BCUT2D eigenvalue weighted by Crippen LogP contribution is -2.48. The summed E-state index contributed by atoms with van der Waals surface area (Å²) in [5.74, 6) is 0.439. The number of amides is 2. The molecule has 0 bridgehead atoms. The first-order chi connectivity index (χ1) is 8.60. The molecule has 3 N–H and O–H groups in total. The van der Waals surface area contributed by atoms with Gasteiger partial charge < -0.3 is 15.7 Å². The Hall–Kier alpha value is -1.26. The summed E-state index contributed by atoms with van der Waals surface area (Å²) in [5, 5.41) is 14.5. The van der Waals surface area contributed by atoms with Crippen molar-refractivity contribution in [3.05, 3.63) is 0 Å². The third-order valence-corrected chi connectivity index (χ3v) is 3.81. The number of hydrogen-bond acceptors (Lipinski definition) is 2. The van der Waals surface area contributed by atoms with E-state index in [0.717, 1.165) is 0 Å². The fourth-order valence-electron chi connectivity index (χ4n) is 2.42. The Morgan fingerprint density at radius 1 is 1.17 bits per heavy atom. The van der Waals surface area contributed by atoms with Crippen LogP contribution < -0.4 is 10.6 Å². The van der Waals surface area contributed by atoms with Gasteiger partial charge in [-0.2, -0.15) is 0 Å². The minimum Gasteiger partial charge on any atom is -0.481 e. The molecule has 2 aliphatic rings. The van der Waals surface area contributed by atoms with E-state index in [9.17, 15) is 9.59 Å². The molecular formula is C13H22N2O3. The lowest BCUT2D eigenvalue weighted by molar-refractivity contribution is -0.137. The van der Waals surface area contributed by atoms with Crippen LogP contribution in [0.15, 0.2) is 0 Å². The number of carboxylic acids is 1. The molecule has 18 heavy (non-hydrogen) atoms. The first-order valence-electron chi connectivity index (χ1n) is 6.89. The Morgan fingerprint density at radius 3 is 2.11 bits per heavy atom. The van der Waals surface area contributed by atoms with Crippen LogP contribution in [0.3, 0.4) is 0 Å². The van der Waals surface area contributed by atoms with E-state index in [1.165, 1.54) is 25.7 Å². The summed E-state index contributed by atoms with van der Waals surface area (Å²) in [5.41, 5.74) is 0. The van der Waals surface area contributed by atoms with E-state index < -0.39 is 5.97 Å². The van der Waals surface area contributed by atoms with Crippen LogP contribution in [0.5, 0.6) is 0 Å². The van der Waals surface area contributed by atoms with Crippen molar-refractivity contribution < 1.29 is 14.7 Å². The first kappa shape index (κ1) is 13.2. The summed E-state index contributed by atoms with van der Waals surface area (Å²) in [6.07, 6.45) is 5.49. The fraction of sp³-hybridized carbons (Fsp3) is 0.846. The average molecular weight is 254 g/mol. The Morgan fingerprint density at radius 2 is 1.72 bits per heavy atom. The molecule has 0 aromatic heterocycles. The normalized spacial score (nSPS) is 20.6. The maximum Gasteiger partial charge on any atom is 0.315 e. The van der Waals surface area contributed by atoms with Gasteiger partial charge in [-0.1, -0.05) is 6.92 Å². The van der Waals surface area contributed by atoms with Gasteiger partial charge in [-0.3, -0.25) is 4.79 Å². The molecule has 102 valence electrons. The quantitative estimate of drug-likeness (QED) is 0.647. The molecule has 2 rings (SSSR count). The van der Waals surface area contributed by atoms with Gasteiger partial charge in [0.25, 0.3) is 0 Å². The molecule has 1 atom stereocenters. The summed E-state index contributed by atoms with van der Waals surface area (Å²) < 4.78 is 0. The van der Waals surface area contributed by atoms with E-state index in [1.807, 2.05) is 6.92 Å². The third kappa shape index (κ3) is 3.89. The highest BCUT2D eigenvalue weighted by atomic mass is 16.4. The van der Waals surface area contributed by atoms with Crippen molar-refractivity contribution in [1.29, 1.82) is 0 Å². The number of rotatable bonds is 7. The Labute approximate surface area is 107 Å². The molecule has 1 unspecified atom stereocenters. The number of urea groups is 1. The predicted octanol–water partition coefficient (Wildman–Crippen LogP) is 1.73. The molecule has 0 aromatic rings. The van der Waals surface area contributed by atoms with E-state index in [1.54, 1.807) is 0 Å². The second-order valence-electron chi connectivity index (χ2n) is 5.52. The van der Waals surface area contributed by atoms with Gasteiger partial charge >= 0.3 is 12.0 Å².